The molecule has 2 aromatic rings. The molecule has 0 aromatic heterocycles. The summed E-state index contributed by atoms with van der Waals surface area (Å²) in [5.41, 5.74) is 3.66. The molecular weight excluding hydrogens is 394 g/mol. The number of carbonyl (C=O) groups excluding carboxylic acids is 2. The van der Waals surface area contributed by atoms with E-state index in [1.54, 1.807) is 12.0 Å². The standard InChI is InChI=1S/C24H31N3O4/c1-25-23(28)18-31-24(29)27-14-12-26(13-15-27)11-5-7-19-6-3-8-20(16-19)21-9-4-10-22(17-21)30-2/h3-4,6,8-10,16-17H,5,7,11-15,18H2,1-2H3,(H,25,28). The van der Waals surface area contributed by atoms with Crippen LogP contribution in [0.3, 0.4) is 0 Å². The predicted octanol–water partition coefficient (Wildman–Crippen LogP) is 2.80. The van der Waals surface area contributed by atoms with E-state index < -0.39 is 6.09 Å². The third-order valence-corrected chi connectivity index (χ3v) is 5.51. The van der Waals surface area contributed by atoms with Crippen LogP contribution in [0, 0.1) is 0 Å². The molecule has 7 heteroatoms. The second-order valence-corrected chi connectivity index (χ2v) is 7.59. The maximum absolute atomic E-state index is 12.0. The molecule has 0 spiro atoms. The molecule has 0 radical (unpaired) electrons. The van der Waals surface area contributed by atoms with Gasteiger partial charge in [0.1, 0.15) is 5.75 Å². The molecule has 0 unspecified atom stereocenters. The van der Waals surface area contributed by atoms with Crippen molar-refractivity contribution in [3.8, 4) is 16.9 Å². The minimum atomic E-state index is -0.419. The van der Waals surface area contributed by atoms with Crippen LogP contribution in [0.2, 0.25) is 0 Å². The van der Waals surface area contributed by atoms with Crippen LogP contribution in [0.15, 0.2) is 48.5 Å². The van der Waals surface area contributed by atoms with E-state index in [1.165, 1.54) is 18.2 Å². The first-order valence-electron chi connectivity index (χ1n) is 10.7. The van der Waals surface area contributed by atoms with Gasteiger partial charge in [0, 0.05) is 33.2 Å². The zero-order valence-electron chi connectivity index (χ0n) is 18.3. The number of rotatable bonds is 8. The second kappa shape index (κ2) is 11.4. The molecule has 1 heterocycles. The van der Waals surface area contributed by atoms with Gasteiger partial charge >= 0.3 is 6.09 Å². The highest BCUT2D eigenvalue weighted by atomic mass is 16.6. The lowest BCUT2D eigenvalue weighted by molar-refractivity contribution is -0.123. The van der Waals surface area contributed by atoms with Crippen LogP contribution in [0.25, 0.3) is 11.1 Å². The molecule has 2 amide bonds. The summed E-state index contributed by atoms with van der Waals surface area (Å²) < 4.78 is 10.4. The molecule has 166 valence electrons. The lowest BCUT2D eigenvalue weighted by Crippen LogP contribution is -2.49. The highest BCUT2D eigenvalue weighted by Crippen LogP contribution is 2.25. The monoisotopic (exact) mass is 425 g/mol. The van der Waals surface area contributed by atoms with Gasteiger partial charge < -0.3 is 19.7 Å². The van der Waals surface area contributed by atoms with Crippen molar-refractivity contribution < 1.29 is 19.1 Å². The smallest absolute Gasteiger partial charge is 0.410 e. The first kappa shape index (κ1) is 22.6. The Kier molecular flexibility index (Phi) is 8.29. The third-order valence-electron chi connectivity index (χ3n) is 5.51. The Balaban J connectivity index is 1.42. The van der Waals surface area contributed by atoms with Crippen molar-refractivity contribution >= 4 is 12.0 Å². The van der Waals surface area contributed by atoms with Crippen molar-refractivity contribution in [2.75, 3.05) is 53.5 Å². The Hall–Kier alpha value is -3.06. The number of nitrogens with zero attached hydrogens (tertiary/aromatic N) is 2. The third kappa shape index (κ3) is 6.72. The summed E-state index contributed by atoms with van der Waals surface area (Å²) in [6.07, 6.45) is 1.65. The minimum Gasteiger partial charge on any atom is -0.497 e. The highest BCUT2D eigenvalue weighted by Gasteiger charge is 2.22. The Morgan fingerprint density at radius 2 is 1.71 bits per heavy atom. The average molecular weight is 426 g/mol. The molecule has 0 saturated carbocycles. The van der Waals surface area contributed by atoms with Crippen LogP contribution in [0.1, 0.15) is 12.0 Å². The molecule has 7 nitrogen and oxygen atoms in total. The van der Waals surface area contributed by atoms with E-state index in [0.29, 0.717) is 13.1 Å². The molecule has 1 fully saturated rings. The van der Waals surface area contributed by atoms with Crippen LogP contribution < -0.4 is 10.1 Å². The number of piperazine rings is 1. The van der Waals surface area contributed by atoms with E-state index >= 15 is 0 Å². The van der Waals surface area contributed by atoms with Gasteiger partial charge in [0.25, 0.3) is 5.91 Å². The first-order chi connectivity index (χ1) is 15.1. The largest absolute Gasteiger partial charge is 0.497 e. The number of carbonyl (C=O) groups is 2. The molecule has 1 N–H and O–H groups in total. The molecule has 31 heavy (non-hydrogen) atoms. The van der Waals surface area contributed by atoms with E-state index in [2.05, 4.69) is 46.6 Å². The van der Waals surface area contributed by atoms with Crippen LogP contribution >= 0.6 is 0 Å². The summed E-state index contributed by atoms with van der Waals surface area (Å²) in [4.78, 5) is 27.2. The average Bonchev–Trinajstić information content (AvgIpc) is 2.83. The Morgan fingerprint density at radius 1 is 1.00 bits per heavy atom. The lowest BCUT2D eigenvalue weighted by atomic mass is 10.0. The molecule has 0 atom stereocenters. The number of hydrogen-bond acceptors (Lipinski definition) is 5. The maximum Gasteiger partial charge on any atom is 0.410 e. The number of amides is 2. The number of nitrogens with one attached hydrogen (secondary N) is 1. The van der Waals surface area contributed by atoms with Crippen molar-refractivity contribution in [3.05, 3.63) is 54.1 Å². The zero-order valence-corrected chi connectivity index (χ0v) is 18.3. The fourth-order valence-electron chi connectivity index (χ4n) is 3.66. The van der Waals surface area contributed by atoms with Gasteiger partial charge in [0.05, 0.1) is 7.11 Å². The number of methoxy groups -OCH3 is 1. The van der Waals surface area contributed by atoms with Gasteiger partial charge in [-0.15, -0.1) is 0 Å². The van der Waals surface area contributed by atoms with Crippen molar-refractivity contribution in [3.63, 3.8) is 0 Å². The van der Waals surface area contributed by atoms with Crippen molar-refractivity contribution in [1.82, 2.24) is 15.1 Å². The number of hydrogen-bond donors (Lipinski definition) is 1. The highest BCUT2D eigenvalue weighted by molar-refractivity contribution is 5.79. The molecule has 0 aliphatic carbocycles. The van der Waals surface area contributed by atoms with Crippen LogP contribution in [-0.2, 0) is 16.0 Å². The quantitative estimate of drug-likeness (QED) is 0.704. The van der Waals surface area contributed by atoms with Gasteiger partial charge in [0.15, 0.2) is 6.61 Å². The van der Waals surface area contributed by atoms with E-state index in [-0.39, 0.29) is 12.5 Å². The number of likely N-dealkylation sites (N-methyl/N-ethyl adjacent to an activating group) is 1. The second-order valence-electron chi connectivity index (χ2n) is 7.59. The molecular formula is C24H31N3O4. The van der Waals surface area contributed by atoms with E-state index in [1.807, 2.05) is 12.1 Å². The molecule has 1 saturated heterocycles. The molecule has 1 aliphatic rings. The Morgan fingerprint density at radius 3 is 2.42 bits per heavy atom. The van der Waals surface area contributed by atoms with Crippen LogP contribution in [-0.4, -0.2) is 75.3 Å². The van der Waals surface area contributed by atoms with Gasteiger partial charge in [-0.25, -0.2) is 4.79 Å². The fraction of sp³-hybridized carbons (Fsp3) is 0.417. The van der Waals surface area contributed by atoms with E-state index in [9.17, 15) is 9.59 Å². The molecule has 1 aliphatic heterocycles. The van der Waals surface area contributed by atoms with Gasteiger partial charge in [-0.2, -0.15) is 0 Å². The molecule has 0 bridgehead atoms. The summed E-state index contributed by atoms with van der Waals surface area (Å²) in [6.45, 7) is 3.64. The van der Waals surface area contributed by atoms with Gasteiger partial charge in [-0.3, -0.25) is 9.69 Å². The van der Waals surface area contributed by atoms with Crippen molar-refractivity contribution in [1.29, 1.82) is 0 Å². The fourth-order valence-corrected chi connectivity index (χ4v) is 3.66. The Bertz CT molecular complexity index is 879. The normalized spacial score (nSPS) is 14.2. The summed E-state index contributed by atoms with van der Waals surface area (Å²) in [5, 5.41) is 2.44. The molecule has 3 rings (SSSR count). The van der Waals surface area contributed by atoms with Gasteiger partial charge in [-0.05, 0) is 48.2 Å². The summed E-state index contributed by atoms with van der Waals surface area (Å²) in [5.74, 6) is 0.557. The van der Waals surface area contributed by atoms with Crippen molar-refractivity contribution in [2.24, 2.45) is 0 Å². The van der Waals surface area contributed by atoms with Crippen LogP contribution in [0.4, 0.5) is 4.79 Å². The minimum absolute atomic E-state index is 0.232. The lowest BCUT2D eigenvalue weighted by Gasteiger charge is -2.34. The zero-order chi connectivity index (χ0) is 22.1. The van der Waals surface area contributed by atoms with Gasteiger partial charge in [-0.1, -0.05) is 36.4 Å². The SMILES string of the molecule is CNC(=O)COC(=O)N1CCN(CCCc2cccc(-c3cccc(OC)c3)c2)CC1. The topological polar surface area (TPSA) is 71.1 Å². The Labute approximate surface area is 183 Å². The molecule has 2 aromatic carbocycles. The predicted molar refractivity (Wildman–Crippen MR) is 120 cm³/mol. The van der Waals surface area contributed by atoms with Crippen LogP contribution in [0.5, 0.6) is 5.75 Å². The first-order valence-corrected chi connectivity index (χ1v) is 10.7. The van der Waals surface area contributed by atoms with Crippen molar-refractivity contribution in [2.45, 2.75) is 12.8 Å². The number of benzene rings is 2. The van der Waals surface area contributed by atoms with E-state index in [4.69, 9.17) is 9.47 Å². The maximum atomic E-state index is 12.0. The summed E-state index contributed by atoms with van der Waals surface area (Å²) >= 11 is 0. The summed E-state index contributed by atoms with van der Waals surface area (Å²) in [7, 11) is 3.20. The number of aryl methyl sites for hydroxylation is 1. The van der Waals surface area contributed by atoms with Gasteiger partial charge in [0.2, 0.25) is 0 Å². The summed E-state index contributed by atoms with van der Waals surface area (Å²) in [6, 6.07) is 16.8. The van der Waals surface area contributed by atoms with E-state index in [0.717, 1.165) is 43.8 Å². The number of ether oxygens (including phenoxy) is 2.